The molecule has 3 heteroatoms. The van der Waals surface area contributed by atoms with Gasteiger partial charge in [-0.3, -0.25) is 0 Å². The summed E-state index contributed by atoms with van der Waals surface area (Å²) in [7, 11) is 0. The van der Waals surface area contributed by atoms with Gasteiger partial charge in [0.2, 0.25) is 0 Å². The van der Waals surface area contributed by atoms with Gasteiger partial charge < -0.3 is 9.84 Å². The summed E-state index contributed by atoms with van der Waals surface area (Å²) in [4.78, 5) is 12.4. The minimum atomic E-state index is -0.327. The SMILES string of the molecule is CC[C@H](C1=C(O)[C@H]2CCCC[C@@H]2OC1=O)c1ccccc1. The van der Waals surface area contributed by atoms with E-state index in [4.69, 9.17) is 4.74 Å². The molecule has 0 unspecified atom stereocenters. The second kappa shape index (κ2) is 5.92. The number of esters is 1. The highest BCUT2D eigenvalue weighted by atomic mass is 16.5. The molecule has 0 bridgehead atoms. The maximum atomic E-state index is 12.4. The van der Waals surface area contributed by atoms with Gasteiger partial charge in [0.1, 0.15) is 11.9 Å². The van der Waals surface area contributed by atoms with Gasteiger partial charge in [-0.25, -0.2) is 4.79 Å². The van der Waals surface area contributed by atoms with Crippen LogP contribution in [0.25, 0.3) is 0 Å². The standard InChI is InChI=1S/C18H22O3/c1-2-13(12-8-4-3-5-9-12)16-17(19)14-10-6-7-11-15(14)21-18(16)20/h3-5,8-9,13-15,19H,2,6-7,10-11H2,1H3/t13-,14-,15-/m0/s1. The average Bonchev–Trinajstić information content (AvgIpc) is 2.52. The number of aliphatic hydroxyl groups excluding tert-OH is 1. The minimum Gasteiger partial charge on any atom is -0.511 e. The van der Waals surface area contributed by atoms with Crippen LogP contribution in [0.5, 0.6) is 0 Å². The highest BCUT2D eigenvalue weighted by molar-refractivity contribution is 5.92. The normalized spacial score (nSPS) is 27.0. The summed E-state index contributed by atoms with van der Waals surface area (Å²) in [5.41, 5.74) is 1.54. The number of hydrogen-bond acceptors (Lipinski definition) is 3. The van der Waals surface area contributed by atoms with E-state index in [0.29, 0.717) is 5.57 Å². The van der Waals surface area contributed by atoms with E-state index in [-0.39, 0.29) is 29.7 Å². The molecule has 1 aromatic carbocycles. The Kier molecular flexibility index (Phi) is 4.00. The molecular formula is C18H22O3. The van der Waals surface area contributed by atoms with Crippen LogP contribution >= 0.6 is 0 Å². The van der Waals surface area contributed by atoms with Crippen molar-refractivity contribution in [1.29, 1.82) is 0 Å². The molecule has 1 aromatic rings. The summed E-state index contributed by atoms with van der Waals surface area (Å²) in [6, 6.07) is 9.91. The number of fused-ring (bicyclic) bond motifs is 1. The lowest BCUT2D eigenvalue weighted by Crippen LogP contribution is -2.38. The Morgan fingerprint density at radius 3 is 2.67 bits per heavy atom. The zero-order chi connectivity index (χ0) is 14.8. The Morgan fingerprint density at radius 1 is 1.24 bits per heavy atom. The number of carbonyl (C=O) groups is 1. The van der Waals surface area contributed by atoms with E-state index in [2.05, 4.69) is 0 Å². The fraction of sp³-hybridized carbons (Fsp3) is 0.500. The molecular weight excluding hydrogens is 264 g/mol. The zero-order valence-electron chi connectivity index (χ0n) is 12.4. The zero-order valence-corrected chi connectivity index (χ0v) is 12.4. The van der Waals surface area contributed by atoms with Gasteiger partial charge in [-0.05, 0) is 31.2 Å². The molecule has 0 amide bonds. The van der Waals surface area contributed by atoms with Crippen molar-refractivity contribution < 1.29 is 14.6 Å². The van der Waals surface area contributed by atoms with Crippen LogP contribution in [0.4, 0.5) is 0 Å². The first kappa shape index (κ1) is 14.2. The lowest BCUT2D eigenvalue weighted by atomic mass is 9.78. The molecule has 0 radical (unpaired) electrons. The molecule has 1 saturated carbocycles. The van der Waals surface area contributed by atoms with Crippen LogP contribution in [0.1, 0.15) is 50.5 Å². The fourth-order valence-electron chi connectivity index (χ4n) is 3.67. The van der Waals surface area contributed by atoms with E-state index >= 15 is 0 Å². The van der Waals surface area contributed by atoms with Gasteiger partial charge in [-0.15, -0.1) is 0 Å². The number of ether oxygens (including phenoxy) is 1. The molecule has 1 heterocycles. The largest absolute Gasteiger partial charge is 0.511 e. The molecule has 21 heavy (non-hydrogen) atoms. The van der Waals surface area contributed by atoms with Crippen LogP contribution in [0, 0.1) is 5.92 Å². The van der Waals surface area contributed by atoms with Gasteiger partial charge in [0, 0.05) is 5.92 Å². The molecule has 1 N–H and O–H groups in total. The summed E-state index contributed by atoms with van der Waals surface area (Å²) in [6.07, 6.45) is 4.61. The van der Waals surface area contributed by atoms with Crippen LogP contribution in [0.3, 0.4) is 0 Å². The van der Waals surface area contributed by atoms with Gasteiger partial charge in [-0.1, -0.05) is 43.7 Å². The molecule has 1 fully saturated rings. The van der Waals surface area contributed by atoms with E-state index in [1.807, 2.05) is 37.3 Å². The topological polar surface area (TPSA) is 46.5 Å². The van der Waals surface area contributed by atoms with Gasteiger partial charge in [0.05, 0.1) is 11.5 Å². The van der Waals surface area contributed by atoms with Crippen molar-refractivity contribution in [2.45, 2.75) is 51.0 Å². The number of carbonyl (C=O) groups excluding carboxylic acids is 1. The first-order chi connectivity index (χ1) is 10.2. The average molecular weight is 286 g/mol. The Bertz CT molecular complexity index is 547. The van der Waals surface area contributed by atoms with E-state index in [1.54, 1.807) is 0 Å². The number of rotatable bonds is 3. The number of hydrogen-bond donors (Lipinski definition) is 1. The van der Waals surface area contributed by atoms with E-state index in [0.717, 1.165) is 37.7 Å². The molecule has 1 aliphatic carbocycles. The third-order valence-corrected chi connectivity index (χ3v) is 4.77. The summed E-state index contributed by atoms with van der Waals surface area (Å²) in [5, 5.41) is 10.7. The van der Waals surface area contributed by atoms with Crippen molar-refractivity contribution in [3.05, 3.63) is 47.2 Å². The van der Waals surface area contributed by atoms with E-state index in [1.165, 1.54) is 0 Å². The second-order valence-corrected chi connectivity index (χ2v) is 6.01. The number of aliphatic hydroxyl groups is 1. The van der Waals surface area contributed by atoms with Crippen molar-refractivity contribution in [2.24, 2.45) is 5.92 Å². The lowest BCUT2D eigenvalue weighted by molar-refractivity contribution is -0.152. The molecule has 0 saturated heterocycles. The maximum Gasteiger partial charge on any atom is 0.338 e. The van der Waals surface area contributed by atoms with Crippen molar-refractivity contribution in [3.63, 3.8) is 0 Å². The highest BCUT2D eigenvalue weighted by Gasteiger charge is 2.41. The molecule has 3 nitrogen and oxygen atoms in total. The van der Waals surface area contributed by atoms with Gasteiger partial charge in [0.25, 0.3) is 0 Å². The van der Waals surface area contributed by atoms with Crippen molar-refractivity contribution in [3.8, 4) is 0 Å². The smallest absolute Gasteiger partial charge is 0.338 e. The van der Waals surface area contributed by atoms with Crippen molar-refractivity contribution >= 4 is 5.97 Å². The van der Waals surface area contributed by atoms with Crippen LogP contribution in [0.15, 0.2) is 41.7 Å². The van der Waals surface area contributed by atoms with Gasteiger partial charge in [-0.2, -0.15) is 0 Å². The summed E-state index contributed by atoms with van der Waals surface area (Å²) < 4.78 is 5.62. The number of benzene rings is 1. The minimum absolute atomic E-state index is 0.00390. The first-order valence-electron chi connectivity index (χ1n) is 7.91. The van der Waals surface area contributed by atoms with Crippen LogP contribution in [0.2, 0.25) is 0 Å². The lowest BCUT2D eigenvalue weighted by Gasteiger charge is -2.37. The van der Waals surface area contributed by atoms with Crippen LogP contribution in [-0.4, -0.2) is 17.2 Å². The molecule has 3 rings (SSSR count). The molecule has 0 aromatic heterocycles. The molecule has 0 spiro atoms. The molecule has 112 valence electrons. The second-order valence-electron chi connectivity index (χ2n) is 6.01. The quantitative estimate of drug-likeness (QED) is 0.851. The highest BCUT2D eigenvalue weighted by Crippen LogP contribution is 2.41. The predicted molar refractivity (Wildman–Crippen MR) is 81.0 cm³/mol. The Labute approximate surface area is 125 Å². The van der Waals surface area contributed by atoms with Crippen LogP contribution in [-0.2, 0) is 9.53 Å². The summed E-state index contributed by atoms with van der Waals surface area (Å²) >= 11 is 0. The maximum absolute atomic E-state index is 12.4. The predicted octanol–water partition coefficient (Wildman–Crippen LogP) is 4.11. The van der Waals surface area contributed by atoms with Crippen LogP contribution < -0.4 is 0 Å². The van der Waals surface area contributed by atoms with Gasteiger partial charge >= 0.3 is 5.97 Å². The monoisotopic (exact) mass is 286 g/mol. The first-order valence-corrected chi connectivity index (χ1v) is 7.91. The summed E-state index contributed by atoms with van der Waals surface area (Å²) in [6.45, 7) is 2.04. The van der Waals surface area contributed by atoms with Crippen molar-refractivity contribution in [1.82, 2.24) is 0 Å². The van der Waals surface area contributed by atoms with Crippen molar-refractivity contribution in [2.75, 3.05) is 0 Å². The third-order valence-electron chi connectivity index (χ3n) is 4.77. The Balaban J connectivity index is 1.99. The summed E-state index contributed by atoms with van der Waals surface area (Å²) in [5.74, 6) is -0.121. The van der Waals surface area contributed by atoms with E-state index < -0.39 is 0 Å². The van der Waals surface area contributed by atoms with E-state index in [9.17, 15) is 9.90 Å². The molecule has 1 aliphatic heterocycles. The Hall–Kier alpha value is -1.77. The third kappa shape index (κ3) is 2.57. The Morgan fingerprint density at radius 2 is 1.95 bits per heavy atom. The molecule has 3 atom stereocenters. The van der Waals surface area contributed by atoms with Gasteiger partial charge in [0.15, 0.2) is 0 Å². The molecule has 2 aliphatic rings. The fourth-order valence-corrected chi connectivity index (χ4v) is 3.67.